The number of aromatic nitrogens is 2. The van der Waals surface area contributed by atoms with Crippen LogP contribution in [0.4, 0.5) is 5.82 Å². The number of amides is 1. The number of nitrogens with zero attached hydrogens (tertiary/aromatic N) is 2. The first-order valence-corrected chi connectivity index (χ1v) is 6.94. The molecule has 1 heterocycles. The first-order chi connectivity index (χ1) is 9.72. The lowest BCUT2D eigenvalue weighted by Crippen LogP contribution is -2.31. The fourth-order valence-corrected chi connectivity index (χ4v) is 2.12. The maximum atomic E-state index is 11.7. The van der Waals surface area contributed by atoms with Gasteiger partial charge in [0.15, 0.2) is 0 Å². The molecule has 0 atom stereocenters. The fourth-order valence-electron chi connectivity index (χ4n) is 2.12. The van der Waals surface area contributed by atoms with E-state index < -0.39 is 0 Å². The van der Waals surface area contributed by atoms with Crippen molar-refractivity contribution in [1.29, 1.82) is 0 Å². The Balaban J connectivity index is 1.67. The van der Waals surface area contributed by atoms with Crippen LogP contribution in [0.5, 0.6) is 0 Å². The van der Waals surface area contributed by atoms with E-state index in [2.05, 4.69) is 20.6 Å². The van der Waals surface area contributed by atoms with Crippen molar-refractivity contribution in [3.8, 4) is 0 Å². The number of anilines is 1. The molecule has 20 heavy (non-hydrogen) atoms. The molecule has 0 radical (unpaired) electrons. The predicted octanol–water partition coefficient (Wildman–Crippen LogP) is 1.88. The van der Waals surface area contributed by atoms with Gasteiger partial charge in [-0.1, -0.05) is 11.6 Å². The van der Waals surface area contributed by atoms with Gasteiger partial charge in [-0.25, -0.2) is 9.97 Å². The molecule has 1 aliphatic carbocycles. The van der Waals surface area contributed by atoms with Crippen molar-refractivity contribution in [3.05, 3.63) is 30.1 Å². The van der Waals surface area contributed by atoms with Crippen molar-refractivity contribution in [2.24, 2.45) is 5.92 Å². The predicted molar refractivity (Wildman–Crippen MR) is 78.5 cm³/mol. The third-order valence-corrected chi connectivity index (χ3v) is 3.49. The number of rotatable bonds is 5. The normalized spacial score (nSPS) is 14.2. The van der Waals surface area contributed by atoms with Gasteiger partial charge in [0.2, 0.25) is 5.91 Å². The molecule has 104 valence electrons. The molecule has 0 saturated heterocycles. The second-order valence-electron chi connectivity index (χ2n) is 5.34. The lowest BCUT2D eigenvalue weighted by molar-refractivity contribution is -0.119. The Kier molecular flexibility index (Phi) is 3.50. The van der Waals surface area contributed by atoms with Gasteiger partial charge in [-0.3, -0.25) is 4.79 Å². The number of nitrogens with one attached hydrogen (secondary N) is 2. The molecule has 0 unspecified atom stereocenters. The first kappa shape index (κ1) is 12.8. The van der Waals surface area contributed by atoms with E-state index in [0.29, 0.717) is 11.7 Å². The molecule has 1 amide bonds. The summed E-state index contributed by atoms with van der Waals surface area (Å²) >= 11 is 0. The van der Waals surface area contributed by atoms with Gasteiger partial charge in [0.25, 0.3) is 0 Å². The third kappa shape index (κ3) is 3.04. The van der Waals surface area contributed by atoms with Crippen molar-refractivity contribution in [2.45, 2.75) is 19.8 Å². The molecule has 1 aromatic heterocycles. The summed E-state index contributed by atoms with van der Waals surface area (Å²) in [6.45, 7) is 3.06. The van der Waals surface area contributed by atoms with Crippen molar-refractivity contribution in [3.63, 3.8) is 0 Å². The Morgan fingerprint density at radius 1 is 1.35 bits per heavy atom. The maximum Gasteiger partial charge on any atom is 0.239 e. The number of hydrogen-bond donors (Lipinski definition) is 2. The van der Waals surface area contributed by atoms with Crippen LogP contribution in [-0.2, 0) is 4.79 Å². The summed E-state index contributed by atoms with van der Waals surface area (Å²) in [5.74, 6) is 1.41. The molecule has 3 rings (SSSR count). The van der Waals surface area contributed by atoms with E-state index in [4.69, 9.17) is 0 Å². The zero-order chi connectivity index (χ0) is 13.9. The molecule has 2 aromatic rings. The van der Waals surface area contributed by atoms with Gasteiger partial charge < -0.3 is 10.6 Å². The number of carbonyl (C=O) groups is 1. The second kappa shape index (κ2) is 5.45. The quantitative estimate of drug-likeness (QED) is 0.870. The van der Waals surface area contributed by atoms with Crippen LogP contribution in [0.2, 0.25) is 0 Å². The van der Waals surface area contributed by atoms with Gasteiger partial charge in [0.1, 0.15) is 12.1 Å². The molecular weight excluding hydrogens is 252 g/mol. The molecule has 1 fully saturated rings. The topological polar surface area (TPSA) is 66.9 Å². The Morgan fingerprint density at radius 2 is 2.20 bits per heavy atom. The minimum Gasteiger partial charge on any atom is -0.360 e. The van der Waals surface area contributed by atoms with Crippen LogP contribution in [0.25, 0.3) is 10.9 Å². The monoisotopic (exact) mass is 270 g/mol. The van der Waals surface area contributed by atoms with E-state index in [9.17, 15) is 4.79 Å². The van der Waals surface area contributed by atoms with Gasteiger partial charge in [-0.2, -0.15) is 0 Å². The van der Waals surface area contributed by atoms with Crippen molar-refractivity contribution in [1.82, 2.24) is 15.3 Å². The Labute approximate surface area is 117 Å². The molecule has 1 aliphatic rings. The molecule has 5 nitrogen and oxygen atoms in total. The van der Waals surface area contributed by atoms with Gasteiger partial charge in [-0.15, -0.1) is 0 Å². The van der Waals surface area contributed by atoms with Crippen LogP contribution in [0.3, 0.4) is 0 Å². The summed E-state index contributed by atoms with van der Waals surface area (Å²) in [4.78, 5) is 20.2. The van der Waals surface area contributed by atoms with E-state index in [1.165, 1.54) is 19.2 Å². The van der Waals surface area contributed by atoms with E-state index in [0.717, 1.165) is 23.0 Å². The summed E-state index contributed by atoms with van der Waals surface area (Å²) in [7, 11) is 0. The molecule has 0 aliphatic heterocycles. The first-order valence-electron chi connectivity index (χ1n) is 6.94. The highest BCUT2D eigenvalue weighted by Gasteiger charge is 2.21. The van der Waals surface area contributed by atoms with E-state index in [1.807, 2.05) is 25.1 Å². The minimum absolute atomic E-state index is 0.0105. The SMILES string of the molecule is Cc1ccc2ncnc(NCC(=O)NCC3CC3)c2c1. The zero-order valence-corrected chi connectivity index (χ0v) is 11.5. The molecule has 0 bridgehead atoms. The number of hydrogen-bond acceptors (Lipinski definition) is 4. The number of fused-ring (bicyclic) bond motifs is 1. The minimum atomic E-state index is 0.0105. The number of carbonyl (C=O) groups excluding carboxylic acids is 1. The standard InChI is InChI=1S/C15H18N4O/c1-10-2-5-13-12(6-10)15(19-9-18-13)17-8-14(20)16-7-11-3-4-11/h2,5-6,9,11H,3-4,7-8H2,1H3,(H,16,20)(H,17,18,19). The number of benzene rings is 1. The van der Waals surface area contributed by atoms with E-state index in [1.54, 1.807) is 0 Å². The van der Waals surface area contributed by atoms with Crippen LogP contribution >= 0.6 is 0 Å². The van der Waals surface area contributed by atoms with Gasteiger partial charge in [-0.05, 0) is 37.8 Å². The average molecular weight is 270 g/mol. The average Bonchev–Trinajstić information content (AvgIpc) is 3.27. The van der Waals surface area contributed by atoms with Gasteiger partial charge >= 0.3 is 0 Å². The molecular formula is C15H18N4O. The smallest absolute Gasteiger partial charge is 0.239 e. The summed E-state index contributed by atoms with van der Waals surface area (Å²) < 4.78 is 0. The van der Waals surface area contributed by atoms with Crippen LogP contribution < -0.4 is 10.6 Å². The summed E-state index contributed by atoms with van der Waals surface area (Å²) in [5.41, 5.74) is 2.03. The highest BCUT2D eigenvalue weighted by atomic mass is 16.1. The lowest BCUT2D eigenvalue weighted by Gasteiger charge is -2.09. The van der Waals surface area contributed by atoms with Crippen molar-refractivity contribution < 1.29 is 4.79 Å². The second-order valence-corrected chi connectivity index (χ2v) is 5.34. The summed E-state index contributed by atoms with van der Waals surface area (Å²) in [5, 5.41) is 6.97. The maximum absolute atomic E-state index is 11.7. The zero-order valence-electron chi connectivity index (χ0n) is 11.5. The molecule has 2 N–H and O–H groups in total. The molecule has 1 saturated carbocycles. The molecule has 1 aromatic carbocycles. The fraction of sp³-hybridized carbons (Fsp3) is 0.400. The van der Waals surface area contributed by atoms with Gasteiger partial charge in [0.05, 0.1) is 12.1 Å². The van der Waals surface area contributed by atoms with Gasteiger partial charge in [0, 0.05) is 11.9 Å². The summed E-state index contributed by atoms with van der Waals surface area (Å²) in [6, 6.07) is 6.01. The van der Waals surface area contributed by atoms with Crippen LogP contribution in [-0.4, -0.2) is 29.0 Å². The number of aryl methyl sites for hydroxylation is 1. The largest absolute Gasteiger partial charge is 0.360 e. The summed E-state index contributed by atoms with van der Waals surface area (Å²) in [6.07, 6.45) is 4.00. The molecule has 5 heteroatoms. The van der Waals surface area contributed by atoms with Crippen LogP contribution in [0.1, 0.15) is 18.4 Å². The lowest BCUT2D eigenvalue weighted by atomic mass is 10.1. The van der Waals surface area contributed by atoms with E-state index >= 15 is 0 Å². The molecule has 0 spiro atoms. The van der Waals surface area contributed by atoms with Crippen LogP contribution in [0.15, 0.2) is 24.5 Å². The Bertz CT molecular complexity index is 637. The highest BCUT2D eigenvalue weighted by Crippen LogP contribution is 2.27. The van der Waals surface area contributed by atoms with Crippen molar-refractivity contribution >= 4 is 22.6 Å². The third-order valence-electron chi connectivity index (χ3n) is 3.49. The highest BCUT2D eigenvalue weighted by molar-refractivity contribution is 5.91. The van der Waals surface area contributed by atoms with Crippen LogP contribution in [0, 0.1) is 12.8 Å². The van der Waals surface area contributed by atoms with Crippen molar-refractivity contribution in [2.75, 3.05) is 18.4 Å². The van der Waals surface area contributed by atoms with E-state index in [-0.39, 0.29) is 12.5 Å². The Morgan fingerprint density at radius 3 is 3.00 bits per heavy atom. The Hall–Kier alpha value is -2.17.